The highest BCUT2D eigenvalue weighted by atomic mass is 79.9. The van der Waals surface area contributed by atoms with Gasteiger partial charge in [0.05, 0.1) is 5.56 Å². The molecule has 0 heterocycles. The Morgan fingerprint density at radius 1 is 1.00 bits per heavy atom. The summed E-state index contributed by atoms with van der Waals surface area (Å²) in [5.41, 5.74) is 8.13. The molecule has 0 atom stereocenters. The number of carbonyl (C=O) groups excluding carboxylic acids is 1. The van der Waals surface area contributed by atoms with Gasteiger partial charge in [0, 0.05) is 4.47 Å². The number of halogens is 1. The molecule has 3 nitrogen and oxygen atoms in total. The highest BCUT2D eigenvalue weighted by Crippen LogP contribution is 2.12. The molecular formula is C16H16BrNO2. The van der Waals surface area contributed by atoms with Crippen LogP contribution in [0.3, 0.4) is 0 Å². The number of rotatable bonds is 5. The fourth-order valence-corrected chi connectivity index (χ4v) is 2.05. The molecular weight excluding hydrogens is 318 g/mol. The van der Waals surface area contributed by atoms with Gasteiger partial charge in [0.25, 0.3) is 0 Å². The first-order chi connectivity index (χ1) is 9.69. The van der Waals surface area contributed by atoms with E-state index in [0.29, 0.717) is 12.1 Å². The zero-order valence-electron chi connectivity index (χ0n) is 11.0. The number of hydrogen-bond acceptors (Lipinski definition) is 3. The quantitative estimate of drug-likeness (QED) is 0.854. The normalized spacial score (nSPS) is 10.3. The van der Waals surface area contributed by atoms with Crippen molar-refractivity contribution in [2.24, 2.45) is 5.73 Å². The number of hydrogen-bond donors (Lipinski definition) is 1. The minimum Gasteiger partial charge on any atom is -0.457 e. The van der Waals surface area contributed by atoms with E-state index >= 15 is 0 Å². The first-order valence-electron chi connectivity index (χ1n) is 6.39. The van der Waals surface area contributed by atoms with Crippen molar-refractivity contribution in [2.75, 3.05) is 6.54 Å². The Balaban J connectivity index is 1.92. The van der Waals surface area contributed by atoms with Gasteiger partial charge in [0.2, 0.25) is 0 Å². The van der Waals surface area contributed by atoms with E-state index in [-0.39, 0.29) is 12.6 Å². The SMILES string of the molecule is NCCc1ccc(C(=O)OCc2ccc(Br)cc2)cc1. The van der Waals surface area contributed by atoms with Crippen molar-refractivity contribution in [2.45, 2.75) is 13.0 Å². The fraction of sp³-hybridized carbons (Fsp3) is 0.188. The predicted molar refractivity (Wildman–Crippen MR) is 82.5 cm³/mol. The maximum absolute atomic E-state index is 11.9. The van der Waals surface area contributed by atoms with Crippen LogP contribution >= 0.6 is 15.9 Å². The Hall–Kier alpha value is -1.65. The lowest BCUT2D eigenvalue weighted by Gasteiger charge is -2.06. The standard InChI is InChI=1S/C16H16BrNO2/c17-15-7-3-13(4-8-15)11-20-16(19)14-5-1-12(2-6-14)9-10-18/h1-8H,9-11,18H2. The average Bonchev–Trinajstić information content (AvgIpc) is 2.47. The van der Waals surface area contributed by atoms with Crippen LogP contribution in [0, 0.1) is 0 Å². The summed E-state index contributed by atoms with van der Waals surface area (Å²) in [6.07, 6.45) is 0.814. The minimum atomic E-state index is -0.313. The summed E-state index contributed by atoms with van der Waals surface area (Å²) in [5.74, 6) is -0.313. The maximum atomic E-state index is 11.9. The van der Waals surface area contributed by atoms with Gasteiger partial charge in [-0.15, -0.1) is 0 Å². The van der Waals surface area contributed by atoms with Crippen molar-refractivity contribution in [3.8, 4) is 0 Å². The van der Waals surface area contributed by atoms with Gasteiger partial charge >= 0.3 is 5.97 Å². The topological polar surface area (TPSA) is 52.3 Å². The molecule has 0 spiro atoms. The Morgan fingerprint density at radius 3 is 2.20 bits per heavy atom. The molecule has 104 valence electrons. The Bertz CT molecular complexity index is 564. The number of ether oxygens (including phenoxy) is 1. The van der Waals surface area contributed by atoms with Gasteiger partial charge in [0.15, 0.2) is 0 Å². The van der Waals surface area contributed by atoms with E-state index in [4.69, 9.17) is 10.5 Å². The van der Waals surface area contributed by atoms with E-state index in [9.17, 15) is 4.79 Å². The molecule has 0 radical (unpaired) electrons. The molecule has 0 amide bonds. The lowest BCUT2D eigenvalue weighted by atomic mass is 10.1. The monoisotopic (exact) mass is 333 g/mol. The smallest absolute Gasteiger partial charge is 0.338 e. The second kappa shape index (κ2) is 7.22. The van der Waals surface area contributed by atoms with Gasteiger partial charge in [0.1, 0.15) is 6.61 Å². The lowest BCUT2D eigenvalue weighted by Crippen LogP contribution is -2.06. The first-order valence-corrected chi connectivity index (χ1v) is 7.19. The Labute approximate surface area is 126 Å². The van der Waals surface area contributed by atoms with Crippen molar-refractivity contribution in [3.05, 3.63) is 69.7 Å². The maximum Gasteiger partial charge on any atom is 0.338 e. The van der Waals surface area contributed by atoms with Crippen LogP contribution in [0.5, 0.6) is 0 Å². The van der Waals surface area contributed by atoms with E-state index < -0.39 is 0 Å². The summed E-state index contributed by atoms with van der Waals surface area (Å²) in [5, 5.41) is 0. The third-order valence-electron chi connectivity index (χ3n) is 2.91. The molecule has 0 bridgehead atoms. The largest absolute Gasteiger partial charge is 0.457 e. The molecule has 0 aliphatic carbocycles. The molecule has 2 rings (SSSR count). The van der Waals surface area contributed by atoms with Gasteiger partial charge in [-0.25, -0.2) is 4.79 Å². The van der Waals surface area contributed by atoms with Gasteiger partial charge < -0.3 is 10.5 Å². The van der Waals surface area contributed by atoms with Crippen LogP contribution in [-0.2, 0) is 17.8 Å². The van der Waals surface area contributed by atoms with Gasteiger partial charge in [-0.05, 0) is 48.4 Å². The summed E-state index contributed by atoms with van der Waals surface area (Å²) < 4.78 is 6.28. The second-order valence-corrected chi connectivity index (χ2v) is 5.35. The lowest BCUT2D eigenvalue weighted by molar-refractivity contribution is 0.0472. The second-order valence-electron chi connectivity index (χ2n) is 4.44. The molecule has 0 unspecified atom stereocenters. The van der Waals surface area contributed by atoms with Crippen molar-refractivity contribution >= 4 is 21.9 Å². The molecule has 0 aliphatic heterocycles. The van der Waals surface area contributed by atoms with Crippen molar-refractivity contribution in [1.29, 1.82) is 0 Å². The number of carbonyl (C=O) groups is 1. The minimum absolute atomic E-state index is 0.274. The van der Waals surface area contributed by atoms with Crippen LogP contribution < -0.4 is 5.73 Å². The summed E-state index contributed by atoms with van der Waals surface area (Å²) in [7, 11) is 0. The number of benzene rings is 2. The molecule has 2 N–H and O–H groups in total. The van der Waals surface area contributed by atoms with Crippen LogP contribution in [0.1, 0.15) is 21.5 Å². The van der Waals surface area contributed by atoms with Gasteiger partial charge in [-0.1, -0.05) is 40.2 Å². The average molecular weight is 334 g/mol. The van der Waals surface area contributed by atoms with E-state index in [1.54, 1.807) is 12.1 Å². The number of nitrogens with two attached hydrogens (primary N) is 1. The molecule has 0 fully saturated rings. The van der Waals surface area contributed by atoms with Crippen LogP contribution in [0.4, 0.5) is 0 Å². The fourth-order valence-electron chi connectivity index (χ4n) is 1.79. The molecule has 4 heteroatoms. The Kier molecular flexibility index (Phi) is 5.32. The highest BCUT2D eigenvalue weighted by molar-refractivity contribution is 9.10. The predicted octanol–water partition coefficient (Wildman–Crippen LogP) is 3.31. The summed E-state index contributed by atoms with van der Waals surface area (Å²) >= 11 is 3.36. The molecule has 0 aliphatic rings. The third kappa shape index (κ3) is 4.18. The number of esters is 1. The van der Waals surface area contributed by atoms with Crippen molar-refractivity contribution in [1.82, 2.24) is 0 Å². The molecule has 2 aromatic rings. The zero-order valence-corrected chi connectivity index (χ0v) is 12.6. The van der Waals surface area contributed by atoms with Crippen molar-refractivity contribution in [3.63, 3.8) is 0 Å². The summed E-state index contributed by atoms with van der Waals surface area (Å²) in [4.78, 5) is 11.9. The molecule has 0 saturated heterocycles. The van der Waals surface area contributed by atoms with Gasteiger partial charge in [-0.3, -0.25) is 0 Å². The summed E-state index contributed by atoms with van der Waals surface area (Å²) in [6.45, 7) is 0.879. The van der Waals surface area contributed by atoms with E-state index in [1.807, 2.05) is 36.4 Å². The van der Waals surface area contributed by atoms with E-state index in [1.165, 1.54) is 0 Å². The Morgan fingerprint density at radius 2 is 1.60 bits per heavy atom. The summed E-state index contributed by atoms with van der Waals surface area (Å²) in [6, 6.07) is 15.0. The highest BCUT2D eigenvalue weighted by Gasteiger charge is 2.07. The first kappa shape index (κ1) is 14.8. The molecule has 2 aromatic carbocycles. The molecule has 20 heavy (non-hydrogen) atoms. The van der Waals surface area contributed by atoms with Crippen molar-refractivity contribution < 1.29 is 9.53 Å². The van der Waals surface area contributed by atoms with E-state index in [0.717, 1.165) is 22.0 Å². The molecule has 0 saturated carbocycles. The molecule has 0 aromatic heterocycles. The van der Waals surface area contributed by atoms with Gasteiger partial charge in [-0.2, -0.15) is 0 Å². The van der Waals surface area contributed by atoms with Crippen LogP contribution in [0.15, 0.2) is 53.0 Å². The van der Waals surface area contributed by atoms with Crippen LogP contribution in [0.2, 0.25) is 0 Å². The zero-order chi connectivity index (χ0) is 14.4. The van der Waals surface area contributed by atoms with Crippen LogP contribution in [-0.4, -0.2) is 12.5 Å². The van der Waals surface area contributed by atoms with Crippen LogP contribution in [0.25, 0.3) is 0 Å². The van der Waals surface area contributed by atoms with E-state index in [2.05, 4.69) is 15.9 Å². The third-order valence-corrected chi connectivity index (χ3v) is 3.43.